The molecular formula is C13H14N5O2. The first kappa shape index (κ1) is 12.8. The number of aromatic nitrogens is 5. The third-order valence-electron chi connectivity index (χ3n) is 3.24. The first-order valence-electron chi connectivity index (χ1n) is 6.35. The second-order valence-electron chi connectivity index (χ2n) is 4.44. The average molecular weight is 272 g/mol. The van der Waals surface area contributed by atoms with Gasteiger partial charge in [0.05, 0.1) is 25.6 Å². The normalized spacial score (nSPS) is 12.9. The van der Waals surface area contributed by atoms with Crippen LogP contribution in [0.5, 0.6) is 0 Å². The van der Waals surface area contributed by atoms with E-state index in [1.807, 2.05) is 29.1 Å². The lowest BCUT2D eigenvalue weighted by molar-refractivity contribution is 0.145. The van der Waals surface area contributed by atoms with Crippen molar-refractivity contribution < 1.29 is 10.2 Å². The van der Waals surface area contributed by atoms with E-state index in [4.69, 9.17) is 0 Å². The highest BCUT2D eigenvalue weighted by atomic mass is 16.3. The molecule has 1 unspecified atom stereocenters. The molecule has 0 aliphatic heterocycles. The maximum absolute atomic E-state index is 10.8. The second kappa shape index (κ2) is 5.40. The number of aliphatic hydroxyl groups excluding tert-OH is 1. The smallest absolute Gasteiger partial charge is 0.168 e. The van der Waals surface area contributed by atoms with Crippen molar-refractivity contribution in [2.45, 2.75) is 12.5 Å². The van der Waals surface area contributed by atoms with Gasteiger partial charge >= 0.3 is 0 Å². The van der Waals surface area contributed by atoms with Crippen molar-refractivity contribution in [3.8, 4) is 5.82 Å². The molecule has 0 fully saturated rings. The summed E-state index contributed by atoms with van der Waals surface area (Å²) in [4.78, 5) is 12.8. The molecule has 3 aromatic heterocycles. The van der Waals surface area contributed by atoms with Gasteiger partial charge in [-0.25, -0.2) is 20.1 Å². The molecule has 1 radical (unpaired) electrons. The Morgan fingerprint density at radius 3 is 2.70 bits per heavy atom. The van der Waals surface area contributed by atoms with Gasteiger partial charge < -0.3 is 14.2 Å². The second-order valence-corrected chi connectivity index (χ2v) is 4.44. The zero-order valence-corrected chi connectivity index (χ0v) is 10.8. The summed E-state index contributed by atoms with van der Waals surface area (Å²) in [5.41, 5.74) is 1.27. The molecule has 7 heteroatoms. The summed E-state index contributed by atoms with van der Waals surface area (Å²) in [6, 6.07) is 3.50. The number of aliphatic hydroxyl groups is 1. The van der Waals surface area contributed by atoms with Gasteiger partial charge in [0.15, 0.2) is 17.0 Å². The summed E-state index contributed by atoms with van der Waals surface area (Å²) in [5, 5.41) is 20.2. The van der Waals surface area contributed by atoms with Crippen LogP contribution in [0.15, 0.2) is 37.2 Å². The third-order valence-corrected chi connectivity index (χ3v) is 3.24. The molecule has 0 saturated carbocycles. The fourth-order valence-corrected chi connectivity index (χ4v) is 2.23. The molecule has 3 aromatic rings. The zero-order valence-electron chi connectivity index (χ0n) is 10.8. The first-order valence-corrected chi connectivity index (χ1v) is 6.35. The summed E-state index contributed by atoms with van der Waals surface area (Å²) in [6.07, 6.45) is 7.15. The van der Waals surface area contributed by atoms with Crippen LogP contribution >= 0.6 is 0 Å². The molecule has 3 heterocycles. The van der Waals surface area contributed by atoms with Crippen molar-refractivity contribution in [3.05, 3.63) is 37.2 Å². The first-order chi connectivity index (χ1) is 9.85. The van der Waals surface area contributed by atoms with E-state index in [1.54, 1.807) is 10.9 Å². The van der Waals surface area contributed by atoms with E-state index in [1.165, 1.54) is 6.33 Å². The van der Waals surface area contributed by atoms with Gasteiger partial charge in [-0.2, -0.15) is 0 Å². The molecule has 0 aliphatic rings. The number of hydrogen-bond donors (Lipinski definition) is 1. The molecule has 0 amide bonds. The van der Waals surface area contributed by atoms with Gasteiger partial charge in [-0.1, -0.05) is 0 Å². The molecule has 1 atom stereocenters. The Morgan fingerprint density at radius 2 is 2.00 bits per heavy atom. The minimum absolute atomic E-state index is 0.115. The molecule has 0 saturated heterocycles. The SMILES string of the molecule is [O]CCC(CO)n1cnc2c(-n3cccc3)ncnc21. The summed E-state index contributed by atoms with van der Waals surface area (Å²) < 4.78 is 3.59. The van der Waals surface area contributed by atoms with E-state index in [0.717, 1.165) is 0 Å². The average Bonchev–Trinajstić information content (AvgIpc) is 3.13. The fourth-order valence-electron chi connectivity index (χ4n) is 2.23. The fraction of sp³-hybridized carbons (Fsp3) is 0.308. The monoisotopic (exact) mass is 272 g/mol. The molecule has 20 heavy (non-hydrogen) atoms. The molecule has 0 aliphatic carbocycles. The largest absolute Gasteiger partial charge is 0.394 e. The van der Waals surface area contributed by atoms with Gasteiger partial charge in [-0.15, -0.1) is 0 Å². The van der Waals surface area contributed by atoms with E-state index < -0.39 is 0 Å². The Kier molecular flexibility index (Phi) is 3.44. The highest BCUT2D eigenvalue weighted by molar-refractivity contribution is 5.78. The Bertz CT molecular complexity index is 692. The molecule has 0 spiro atoms. The van der Waals surface area contributed by atoms with Crippen molar-refractivity contribution in [1.82, 2.24) is 24.1 Å². The molecule has 0 bridgehead atoms. The lowest BCUT2D eigenvalue weighted by Crippen LogP contribution is -2.14. The van der Waals surface area contributed by atoms with Crippen molar-refractivity contribution in [2.75, 3.05) is 13.2 Å². The molecular weight excluding hydrogens is 258 g/mol. The summed E-state index contributed by atoms with van der Waals surface area (Å²) in [5.74, 6) is 0.678. The van der Waals surface area contributed by atoms with Crippen LogP contribution in [0.25, 0.3) is 17.0 Å². The Balaban J connectivity index is 2.12. The van der Waals surface area contributed by atoms with E-state index >= 15 is 0 Å². The third kappa shape index (κ3) is 2.06. The predicted octanol–water partition coefficient (Wildman–Crippen LogP) is 0.971. The molecule has 7 nitrogen and oxygen atoms in total. The lowest BCUT2D eigenvalue weighted by atomic mass is 10.2. The van der Waals surface area contributed by atoms with Crippen LogP contribution in [0.3, 0.4) is 0 Å². The summed E-state index contributed by atoms with van der Waals surface area (Å²) in [7, 11) is 0. The molecule has 0 aromatic carbocycles. The maximum atomic E-state index is 10.8. The van der Waals surface area contributed by atoms with Crippen LogP contribution < -0.4 is 0 Å². The van der Waals surface area contributed by atoms with E-state index in [2.05, 4.69) is 15.0 Å². The topological polar surface area (TPSA) is 88.7 Å². The van der Waals surface area contributed by atoms with Crippen molar-refractivity contribution >= 4 is 11.2 Å². The predicted molar refractivity (Wildman–Crippen MR) is 70.9 cm³/mol. The number of nitrogens with zero attached hydrogens (tertiary/aromatic N) is 5. The standard InChI is InChI=1S/C13H14N5O2/c19-6-3-10(7-20)18-9-16-11-12(14-8-15-13(11)18)17-4-1-2-5-17/h1-2,4-5,8-10,20H,3,6-7H2. The van der Waals surface area contributed by atoms with Gasteiger partial charge in [-0.3, -0.25) is 0 Å². The van der Waals surface area contributed by atoms with Crippen LogP contribution in [0, 0.1) is 0 Å². The van der Waals surface area contributed by atoms with Gasteiger partial charge in [0.1, 0.15) is 6.33 Å². The van der Waals surface area contributed by atoms with Crippen LogP contribution in [0.1, 0.15) is 12.5 Å². The van der Waals surface area contributed by atoms with E-state index in [0.29, 0.717) is 23.4 Å². The van der Waals surface area contributed by atoms with Gasteiger partial charge in [0.2, 0.25) is 0 Å². The minimum Gasteiger partial charge on any atom is -0.394 e. The highest BCUT2D eigenvalue weighted by Crippen LogP contribution is 2.21. The number of rotatable bonds is 5. The number of hydrogen-bond acceptors (Lipinski definition) is 4. The minimum atomic E-state index is -0.301. The van der Waals surface area contributed by atoms with Crippen molar-refractivity contribution in [3.63, 3.8) is 0 Å². The van der Waals surface area contributed by atoms with Gasteiger partial charge in [0, 0.05) is 12.4 Å². The maximum Gasteiger partial charge on any atom is 0.168 e. The van der Waals surface area contributed by atoms with Crippen molar-refractivity contribution in [1.29, 1.82) is 0 Å². The Morgan fingerprint density at radius 1 is 1.20 bits per heavy atom. The molecule has 3 rings (SSSR count). The van der Waals surface area contributed by atoms with Crippen LogP contribution in [0.2, 0.25) is 0 Å². The highest BCUT2D eigenvalue weighted by Gasteiger charge is 2.16. The Labute approximate surface area is 115 Å². The molecule has 103 valence electrons. The van der Waals surface area contributed by atoms with Crippen LogP contribution in [0.4, 0.5) is 0 Å². The lowest BCUT2D eigenvalue weighted by Gasteiger charge is -2.14. The van der Waals surface area contributed by atoms with E-state index in [-0.39, 0.29) is 19.3 Å². The quantitative estimate of drug-likeness (QED) is 0.749. The molecule has 1 N–H and O–H groups in total. The summed E-state index contributed by atoms with van der Waals surface area (Å²) in [6.45, 7) is -0.364. The van der Waals surface area contributed by atoms with Gasteiger partial charge in [-0.05, 0) is 18.6 Å². The van der Waals surface area contributed by atoms with Gasteiger partial charge in [0.25, 0.3) is 0 Å². The zero-order chi connectivity index (χ0) is 13.9. The van der Waals surface area contributed by atoms with Crippen LogP contribution in [-0.4, -0.2) is 42.4 Å². The number of fused-ring (bicyclic) bond motifs is 1. The summed E-state index contributed by atoms with van der Waals surface area (Å²) >= 11 is 0. The van der Waals surface area contributed by atoms with Crippen LogP contribution in [-0.2, 0) is 5.11 Å². The van der Waals surface area contributed by atoms with E-state index in [9.17, 15) is 10.2 Å². The number of imidazole rings is 1. The Hall–Kier alpha value is -2.25. The van der Waals surface area contributed by atoms with Crippen molar-refractivity contribution in [2.24, 2.45) is 0 Å².